The van der Waals surface area contributed by atoms with Crippen LogP contribution in [0.15, 0.2) is 36.4 Å². The topological polar surface area (TPSA) is 23.5 Å². The van der Waals surface area contributed by atoms with Gasteiger partial charge in [-0.1, -0.05) is 30.4 Å². The Balaban J connectivity index is 2.30. The third-order valence-electron chi connectivity index (χ3n) is 2.79. The van der Waals surface area contributed by atoms with Crippen molar-refractivity contribution < 1.29 is 5.11 Å². The highest BCUT2D eigenvalue weighted by Gasteiger charge is 2.13. The molecule has 1 aliphatic heterocycles. The lowest BCUT2D eigenvalue weighted by molar-refractivity contribution is 0.199. The molecule has 0 bridgehead atoms. The van der Waals surface area contributed by atoms with Gasteiger partial charge in [-0.2, -0.15) is 0 Å². The summed E-state index contributed by atoms with van der Waals surface area (Å²) in [5.41, 5.74) is 2.18. The molecule has 0 saturated carbocycles. The molecular weight excluding hydrogens is 186 g/mol. The van der Waals surface area contributed by atoms with Gasteiger partial charge in [0.2, 0.25) is 0 Å². The number of benzene rings is 1. The number of hydrogen-bond acceptors (Lipinski definition) is 2. The Labute approximate surface area is 90.8 Å². The van der Waals surface area contributed by atoms with Crippen LogP contribution < -0.4 is 4.90 Å². The van der Waals surface area contributed by atoms with Gasteiger partial charge < -0.3 is 10.0 Å². The fourth-order valence-electron chi connectivity index (χ4n) is 1.99. The second-order valence-corrected chi connectivity index (χ2v) is 3.94. The van der Waals surface area contributed by atoms with E-state index in [0.29, 0.717) is 0 Å². The normalized spacial score (nSPS) is 17.9. The van der Waals surface area contributed by atoms with Crippen molar-refractivity contribution in [2.24, 2.45) is 0 Å². The fourth-order valence-corrected chi connectivity index (χ4v) is 1.99. The monoisotopic (exact) mass is 203 g/mol. The smallest absolute Gasteiger partial charge is 0.0781 e. The molecule has 0 aromatic heterocycles. The summed E-state index contributed by atoms with van der Waals surface area (Å²) in [5.74, 6) is 0. The van der Waals surface area contributed by atoms with Gasteiger partial charge in [-0.3, -0.25) is 0 Å². The molecule has 0 unspecified atom stereocenters. The highest BCUT2D eigenvalue weighted by atomic mass is 16.3. The van der Waals surface area contributed by atoms with Gasteiger partial charge in [0.1, 0.15) is 0 Å². The Morgan fingerprint density at radius 1 is 1.27 bits per heavy atom. The standard InChI is InChI=1S/C13H17NO/c1-11(15)12-7-3-4-8-13(12)14-9-5-2-6-10-14/h2-5,7-8,11,15H,6,9-10H2,1H3/t11-/m0/s1. The Morgan fingerprint density at radius 3 is 2.73 bits per heavy atom. The van der Waals surface area contributed by atoms with Crippen LogP contribution in [0.1, 0.15) is 25.0 Å². The Morgan fingerprint density at radius 2 is 2.07 bits per heavy atom. The van der Waals surface area contributed by atoms with E-state index in [4.69, 9.17) is 0 Å². The van der Waals surface area contributed by atoms with Crippen molar-refractivity contribution in [3.63, 3.8) is 0 Å². The van der Waals surface area contributed by atoms with Crippen LogP contribution in [0, 0.1) is 0 Å². The minimum absolute atomic E-state index is 0.396. The summed E-state index contributed by atoms with van der Waals surface area (Å²) in [6, 6.07) is 8.09. The molecule has 15 heavy (non-hydrogen) atoms. The third-order valence-corrected chi connectivity index (χ3v) is 2.79. The first kappa shape index (κ1) is 10.2. The maximum Gasteiger partial charge on any atom is 0.0781 e. The molecule has 0 fully saturated rings. The van der Waals surface area contributed by atoms with Crippen LogP contribution in [0.25, 0.3) is 0 Å². The van der Waals surface area contributed by atoms with Crippen LogP contribution in [0.5, 0.6) is 0 Å². The predicted molar refractivity (Wildman–Crippen MR) is 63.0 cm³/mol. The number of anilines is 1. The highest BCUT2D eigenvalue weighted by Crippen LogP contribution is 2.27. The first-order chi connectivity index (χ1) is 7.29. The van der Waals surface area contributed by atoms with Crippen molar-refractivity contribution >= 4 is 5.69 Å². The molecule has 0 saturated heterocycles. The van der Waals surface area contributed by atoms with E-state index < -0.39 is 6.10 Å². The summed E-state index contributed by atoms with van der Waals surface area (Å²) < 4.78 is 0. The van der Waals surface area contributed by atoms with E-state index in [0.717, 1.165) is 30.8 Å². The molecule has 0 amide bonds. The zero-order chi connectivity index (χ0) is 10.7. The molecule has 2 nitrogen and oxygen atoms in total. The van der Waals surface area contributed by atoms with Crippen molar-refractivity contribution in [1.82, 2.24) is 0 Å². The largest absolute Gasteiger partial charge is 0.389 e. The Bertz CT molecular complexity index is 357. The van der Waals surface area contributed by atoms with E-state index in [2.05, 4.69) is 23.1 Å². The molecule has 0 aliphatic carbocycles. The molecule has 0 spiro atoms. The molecule has 0 radical (unpaired) electrons. The van der Waals surface area contributed by atoms with Gasteiger partial charge in [-0.15, -0.1) is 0 Å². The molecule has 80 valence electrons. The average Bonchev–Trinajstić information content (AvgIpc) is 2.30. The van der Waals surface area contributed by atoms with E-state index in [1.165, 1.54) is 0 Å². The van der Waals surface area contributed by atoms with Crippen LogP contribution >= 0.6 is 0 Å². The molecule has 1 aliphatic rings. The van der Waals surface area contributed by atoms with Crippen LogP contribution in [-0.4, -0.2) is 18.2 Å². The molecule has 1 atom stereocenters. The molecular formula is C13H17NO. The lowest BCUT2D eigenvalue weighted by Gasteiger charge is -2.28. The first-order valence-corrected chi connectivity index (χ1v) is 5.46. The van der Waals surface area contributed by atoms with Crippen LogP contribution in [-0.2, 0) is 0 Å². The van der Waals surface area contributed by atoms with E-state index in [1.807, 2.05) is 25.1 Å². The SMILES string of the molecule is C[C@H](O)c1ccccc1N1CC=CCC1. The maximum atomic E-state index is 9.69. The van der Waals surface area contributed by atoms with Crippen LogP contribution in [0.4, 0.5) is 5.69 Å². The van der Waals surface area contributed by atoms with Crippen molar-refractivity contribution in [2.75, 3.05) is 18.0 Å². The number of rotatable bonds is 2. The van der Waals surface area contributed by atoms with E-state index in [9.17, 15) is 5.11 Å². The first-order valence-electron chi connectivity index (χ1n) is 5.46. The van der Waals surface area contributed by atoms with E-state index in [1.54, 1.807) is 0 Å². The van der Waals surface area contributed by atoms with Crippen LogP contribution in [0.2, 0.25) is 0 Å². The predicted octanol–water partition coefficient (Wildman–Crippen LogP) is 2.51. The molecule has 1 heterocycles. The molecule has 1 N–H and O–H groups in total. The minimum atomic E-state index is -0.396. The summed E-state index contributed by atoms with van der Waals surface area (Å²) in [6.45, 7) is 3.81. The van der Waals surface area contributed by atoms with Gasteiger partial charge in [0.05, 0.1) is 6.10 Å². The average molecular weight is 203 g/mol. The number of aliphatic hydroxyl groups is 1. The van der Waals surface area contributed by atoms with Gasteiger partial charge >= 0.3 is 0 Å². The second-order valence-electron chi connectivity index (χ2n) is 3.94. The lowest BCUT2D eigenvalue weighted by Crippen LogP contribution is -2.27. The molecule has 2 heteroatoms. The molecule has 1 aromatic rings. The number of nitrogens with zero attached hydrogens (tertiary/aromatic N) is 1. The summed E-state index contributed by atoms with van der Waals surface area (Å²) in [6.07, 6.45) is 5.09. The summed E-state index contributed by atoms with van der Waals surface area (Å²) in [5, 5.41) is 9.69. The van der Waals surface area contributed by atoms with Gasteiger partial charge in [-0.05, 0) is 19.4 Å². The number of aliphatic hydroxyl groups excluding tert-OH is 1. The lowest BCUT2D eigenvalue weighted by atomic mass is 10.1. The Kier molecular flexibility index (Phi) is 3.07. The fraction of sp³-hybridized carbons (Fsp3) is 0.385. The number of para-hydroxylation sites is 1. The van der Waals surface area contributed by atoms with Gasteiger partial charge in [-0.25, -0.2) is 0 Å². The number of hydrogen-bond donors (Lipinski definition) is 1. The van der Waals surface area contributed by atoms with Crippen molar-refractivity contribution in [1.29, 1.82) is 0 Å². The highest BCUT2D eigenvalue weighted by molar-refractivity contribution is 5.55. The quantitative estimate of drug-likeness (QED) is 0.746. The van der Waals surface area contributed by atoms with Crippen molar-refractivity contribution in [3.05, 3.63) is 42.0 Å². The molecule has 1 aromatic carbocycles. The summed E-state index contributed by atoms with van der Waals surface area (Å²) >= 11 is 0. The van der Waals surface area contributed by atoms with Crippen molar-refractivity contribution in [3.8, 4) is 0 Å². The third kappa shape index (κ3) is 2.21. The minimum Gasteiger partial charge on any atom is -0.389 e. The van der Waals surface area contributed by atoms with Gasteiger partial charge in [0, 0.05) is 24.3 Å². The van der Waals surface area contributed by atoms with Crippen molar-refractivity contribution in [2.45, 2.75) is 19.4 Å². The van der Waals surface area contributed by atoms with Crippen LogP contribution in [0.3, 0.4) is 0 Å². The summed E-state index contributed by atoms with van der Waals surface area (Å²) in [7, 11) is 0. The van der Waals surface area contributed by atoms with Gasteiger partial charge in [0.15, 0.2) is 0 Å². The summed E-state index contributed by atoms with van der Waals surface area (Å²) in [4.78, 5) is 2.31. The molecule has 2 rings (SSSR count). The Hall–Kier alpha value is -1.28. The maximum absolute atomic E-state index is 9.69. The second kappa shape index (κ2) is 4.49. The van der Waals surface area contributed by atoms with E-state index in [-0.39, 0.29) is 0 Å². The zero-order valence-corrected chi connectivity index (χ0v) is 9.06. The van der Waals surface area contributed by atoms with Gasteiger partial charge in [0.25, 0.3) is 0 Å². The zero-order valence-electron chi connectivity index (χ0n) is 9.06. The van der Waals surface area contributed by atoms with E-state index >= 15 is 0 Å².